The monoisotopic (exact) mass is 508 g/mol. The molecule has 0 unspecified atom stereocenters. The van der Waals surface area contributed by atoms with Gasteiger partial charge in [0, 0.05) is 22.3 Å². The van der Waals surface area contributed by atoms with Crippen molar-refractivity contribution in [3.63, 3.8) is 0 Å². The molecule has 0 radical (unpaired) electrons. The summed E-state index contributed by atoms with van der Waals surface area (Å²) in [5.41, 5.74) is 9.34. The number of benzene rings is 6. The van der Waals surface area contributed by atoms with Gasteiger partial charge in [0.2, 0.25) is 0 Å². The van der Waals surface area contributed by atoms with Gasteiger partial charge in [0.05, 0.1) is 0 Å². The number of allylic oxidation sites excluding steroid dienone is 1. The van der Waals surface area contributed by atoms with Gasteiger partial charge in [-0.3, -0.25) is 0 Å². The Bertz CT molecular complexity index is 2100. The molecule has 6 aromatic carbocycles. The first-order valence-corrected chi connectivity index (χ1v) is 13.9. The zero-order valence-electron chi connectivity index (χ0n) is 22.8. The van der Waals surface area contributed by atoms with E-state index in [1.165, 1.54) is 43.8 Å². The molecule has 1 aliphatic rings. The summed E-state index contributed by atoms with van der Waals surface area (Å²) in [4.78, 5) is 0. The standard InChI is InChI=1S/C40H28/c1-27-11-15-29(16-12-27)19-21-35-37-23-31-7-3-5-9-33(31)25-39(37)36(22-20-30-17-13-28(2)14-18-30)40-26-34-10-6-4-8-32(34)24-38(35)40/h3-5,7-9,11-18,23-26H,6,10H2,1-2H3. The summed E-state index contributed by atoms with van der Waals surface area (Å²) in [6.45, 7) is 4.22. The topological polar surface area (TPSA) is 0 Å². The Labute approximate surface area is 236 Å². The minimum Gasteiger partial charge on any atom is -0.0836 e. The summed E-state index contributed by atoms with van der Waals surface area (Å²) in [6, 6.07) is 34.8. The van der Waals surface area contributed by atoms with Crippen LogP contribution in [-0.2, 0) is 6.42 Å². The highest BCUT2D eigenvalue weighted by Gasteiger charge is 2.16. The van der Waals surface area contributed by atoms with Gasteiger partial charge < -0.3 is 0 Å². The normalized spacial score (nSPS) is 12.1. The molecule has 0 heterocycles. The van der Waals surface area contributed by atoms with E-state index in [9.17, 15) is 0 Å². The lowest BCUT2D eigenvalue weighted by Crippen LogP contribution is -1.98. The zero-order valence-corrected chi connectivity index (χ0v) is 22.8. The summed E-state index contributed by atoms with van der Waals surface area (Å²) < 4.78 is 0. The third-order valence-electron chi connectivity index (χ3n) is 7.89. The van der Waals surface area contributed by atoms with Gasteiger partial charge in [-0.05, 0) is 119 Å². The number of rotatable bonds is 0. The second-order valence-corrected chi connectivity index (χ2v) is 10.8. The molecule has 7 rings (SSSR count). The van der Waals surface area contributed by atoms with Gasteiger partial charge >= 0.3 is 0 Å². The van der Waals surface area contributed by atoms with Crippen molar-refractivity contribution in [2.75, 3.05) is 0 Å². The Kier molecular flexibility index (Phi) is 5.96. The van der Waals surface area contributed by atoms with E-state index in [1.807, 2.05) is 0 Å². The number of fused-ring (bicyclic) bond motifs is 4. The fourth-order valence-electron chi connectivity index (χ4n) is 5.65. The Morgan fingerprint density at radius 1 is 0.525 bits per heavy atom. The minimum atomic E-state index is 1.02. The van der Waals surface area contributed by atoms with Crippen molar-refractivity contribution in [2.24, 2.45) is 0 Å². The number of aryl methyl sites for hydroxylation is 3. The van der Waals surface area contributed by atoms with E-state index in [0.717, 1.165) is 45.9 Å². The molecule has 0 nitrogen and oxygen atoms in total. The summed E-state index contributed by atoms with van der Waals surface area (Å²) >= 11 is 0. The molecule has 0 heteroatoms. The molecule has 0 atom stereocenters. The lowest BCUT2D eigenvalue weighted by Gasteiger charge is -2.17. The van der Waals surface area contributed by atoms with Crippen LogP contribution in [0.3, 0.4) is 0 Å². The number of hydrogen-bond acceptors (Lipinski definition) is 0. The van der Waals surface area contributed by atoms with Crippen LogP contribution in [0.1, 0.15) is 50.9 Å². The van der Waals surface area contributed by atoms with E-state index < -0.39 is 0 Å². The van der Waals surface area contributed by atoms with E-state index in [-0.39, 0.29) is 0 Å². The predicted octanol–water partition coefficient (Wildman–Crippen LogP) is 9.52. The molecule has 0 spiro atoms. The minimum absolute atomic E-state index is 1.02. The van der Waals surface area contributed by atoms with Crippen LogP contribution < -0.4 is 0 Å². The van der Waals surface area contributed by atoms with E-state index >= 15 is 0 Å². The maximum atomic E-state index is 3.63. The fourth-order valence-corrected chi connectivity index (χ4v) is 5.65. The quantitative estimate of drug-likeness (QED) is 0.142. The Morgan fingerprint density at radius 2 is 1.02 bits per heavy atom. The van der Waals surface area contributed by atoms with Crippen LogP contribution >= 0.6 is 0 Å². The molecule has 0 N–H and O–H groups in total. The summed E-state index contributed by atoms with van der Waals surface area (Å²) in [7, 11) is 0. The largest absolute Gasteiger partial charge is 0.0836 e. The van der Waals surface area contributed by atoms with E-state index in [0.29, 0.717) is 0 Å². The first-order chi connectivity index (χ1) is 19.6. The molecule has 1 aliphatic carbocycles. The smallest absolute Gasteiger partial charge is 0.0407 e. The van der Waals surface area contributed by atoms with Gasteiger partial charge in [-0.25, -0.2) is 0 Å². The van der Waals surface area contributed by atoms with Crippen LogP contribution in [0, 0.1) is 37.5 Å². The van der Waals surface area contributed by atoms with Gasteiger partial charge in [0.15, 0.2) is 0 Å². The first kappa shape index (κ1) is 24.0. The lowest BCUT2D eigenvalue weighted by molar-refractivity contribution is 0.989. The van der Waals surface area contributed by atoms with Crippen LogP contribution in [0.25, 0.3) is 38.4 Å². The van der Waals surface area contributed by atoms with E-state index in [4.69, 9.17) is 0 Å². The molecule has 0 saturated heterocycles. The maximum Gasteiger partial charge on any atom is 0.0407 e. The molecular formula is C40H28. The second-order valence-electron chi connectivity index (χ2n) is 10.8. The molecule has 0 aliphatic heterocycles. The molecule has 0 fully saturated rings. The van der Waals surface area contributed by atoms with Gasteiger partial charge in [-0.15, -0.1) is 0 Å². The third-order valence-corrected chi connectivity index (χ3v) is 7.89. The molecular weight excluding hydrogens is 480 g/mol. The third kappa shape index (κ3) is 4.45. The van der Waals surface area contributed by atoms with Crippen LogP contribution in [0.15, 0.2) is 103 Å². The van der Waals surface area contributed by atoms with Gasteiger partial charge in [0.1, 0.15) is 0 Å². The fraction of sp³-hybridized carbons (Fsp3) is 0.100. The average molecular weight is 509 g/mol. The van der Waals surface area contributed by atoms with Crippen molar-refractivity contribution in [3.8, 4) is 23.7 Å². The zero-order chi connectivity index (χ0) is 27.1. The highest BCUT2D eigenvalue weighted by molar-refractivity contribution is 6.14. The molecule has 0 bridgehead atoms. The summed E-state index contributed by atoms with van der Waals surface area (Å²) in [5, 5.41) is 7.09. The second kappa shape index (κ2) is 9.93. The van der Waals surface area contributed by atoms with Crippen molar-refractivity contribution in [2.45, 2.75) is 26.7 Å². The maximum absolute atomic E-state index is 3.63. The van der Waals surface area contributed by atoms with E-state index in [1.54, 1.807) is 0 Å². The van der Waals surface area contributed by atoms with Crippen molar-refractivity contribution in [1.82, 2.24) is 0 Å². The Balaban J connectivity index is 1.59. The van der Waals surface area contributed by atoms with Gasteiger partial charge in [-0.1, -0.05) is 95.5 Å². The van der Waals surface area contributed by atoms with E-state index in [2.05, 4.69) is 147 Å². The van der Waals surface area contributed by atoms with Gasteiger partial charge in [0.25, 0.3) is 0 Å². The lowest BCUT2D eigenvalue weighted by atomic mass is 9.86. The van der Waals surface area contributed by atoms with Crippen LogP contribution in [0.4, 0.5) is 0 Å². The van der Waals surface area contributed by atoms with Crippen molar-refractivity contribution >= 4 is 38.4 Å². The molecule has 0 saturated carbocycles. The highest BCUT2D eigenvalue weighted by atomic mass is 14.2. The number of hydrogen-bond donors (Lipinski definition) is 0. The Morgan fingerprint density at radius 3 is 1.57 bits per heavy atom. The predicted molar refractivity (Wildman–Crippen MR) is 171 cm³/mol. The SMILES string of the molecule is Cc1ccc(C#Cc2c3cc4c(cc3c(C#Cc3ccc(C)cc3)c3cc5ccccc5cc23)CCC=C4)cc1. The molecule has 6 aromatic rings. The van der Waals surface area contributed by atoms with Gasteiger partial charge in [-0.2, -0.15) is 0 Å². The summed E-state index contributed by atoms with van der Waals surface area (Å²) in [5.74, 6) is 14.2. The molecule has 0 aromatic heterocycles. The van der Waals surface area contributed by atoms with Crippen molar-refractivity contribution in [3.05, 3.63) is 148 Å². The average Bonchev–Trinajstić information content (AvgIpc) is 2.99. The molecule has 40 heavy (non-hydrogen) atoms. The van der Waals surface area contributed by atoms with Crippen LogP contribution in [0.5, 0.6) is 0 Å². The molecule has 0 amide bonds. The van der Waals surface area contributed by atoms with Crippen molar-refractivity contribution < 1.29 is 0 Å². The summed E-state index contributed by atoms with van der Waals surface area (Å²) in [6.07, 6.45) is 6.66. The highest BCUT2D eigenvalue weighted by Crippen LogP contribution is 2.37. The first-order valence-electron chi connectivity index (χ1n) is 13.9. The molecule has 188 valence electrons. The van der Waals surface area contributed by atoms with Crippen LogP contribution in [0.2, 0.25) is 0 Å². The Hall–Kier alpha value is -5.04. The van der Waals surface area contributed by atoms with Crippen molar-refractivity contribution in [1.29, 1.82) is 0 Å². The van der Waals surface area contributed by atoms with Crippen LogP contribution in [-0.4, -0.2) is 0 Å².